The van der Waals surface area contributed by atoms with E-state index in [2.05, 4.69) is 16.8 Å². The van der Waals surface area contributed by atoms with Gasteiger partial charge in [0.1, 0.15) is 6.04 Å². The smallest absolute Gasteiger partial charge is 0.240 e. The van der Waals surface area contributed by atoms with E-state index in [1.54, 1.807) is 19.0 Å². The molecular weight excluding hydrogens is 190 g/mol. The lowest BCUT2D eigenvalue weighted by molar-refractivity contribution is -0.134. The Balaban J connectivity index is 2.65. The number of likely N-dealkylation sites (N-methyl/N-ethyl adjacent to an activating group) is 1. The second kappa shape index (κ2) is 5.28. The Morgan fingerprint density at radius 2 is 2.27 bits per heavy atom. The van der Waals surface area contributed by atoms with Crippen LogP contribution in [-0.4, -0.2) is 62.0 Å². The lowest BCUT2D eigenvalue weighted by Gasteiger charge is -2.36. The van der Waals surface area contributed by atoms with Gasteiger partial charge in [0.25, 0.3) is 0 Å². The molecule has 4 nitrogen and oxygen atoms in total. The van der Waals surface area contributed by atoms with Gasteiger partial charge in [0.15, 0.2) is 0 Å². The van der Waals surface area contributed by atoms with Crippen LogP contribution >= 0.6 is 0 Å². The predicted molar refractivity (Wildman–Crippen MR) is 61.7 cm³/mol. The Bertz CT molecular complexity index is 250. The second-order valence-electron chi connectivity index (χ2n) is 4.38. The number of amides is 1. The molecular formula is C11H21N3O. The van der Waals surface area contributed by atoms with Crippen LogP contribution in [0.3, 0.4) is 0 Å². The molecule has 0 aromatic carbocycles. The maximum absolute atomic E-state index is 11.9. The van der Waals surface area contributed by atoms with E-state index in [1.807, 2.05) is 6.92 Å². The van der Waals surface area contributed by atoms with Crippen LogP contribution in [0.1, 0.15) is 6.92 Å². The summed E-state index contributed by atoms with van der Waals surface area (Å²) in [5, 5.41) is 3.26. The molecule has 1 aliphatic rings. The standard InChI is InChI=1S/C11H21N3O/c1-9(2)8-14-6-5-12-7-10(14)11(15)13(3)4/h10,12H,1,5-8H2,2-4H3. The number of nitrogens with zero attached hydrogens (tertiary/aromatic N) is 2. The Morgan fingerprint density at radius 3 is 2.80 bits per heavy atom. The minimum atomic E-state index is -0.0366. The van der Waals surface area contributed by atoms with Crippen molar-refractivity contribution < 1.29 is 4.79 Å². The van der Waals surface area contributed by atoms with Crippen molar-refractivity contribution in [1.82, 2.24) is 15.1 Å². The van der Waals surface area contributed by atoms with Gasteiger partial charge in [-0.25, -0.2) is 0 Å². The van der Waals surface area contributed by atoms with Gasteiger partial charge < -0.3 is 10.2 Å². The van der Waals surface area contributed by atoms with Crippen molar-refractivity contribution in [1.29, 1.82) is 0 Å². The van der Waals surface area contributed by atoms with Crippen LogP contribution in [0.2, 0.25) is 0 Å². The maximum atomic E-state index is 11.9. The Hall–Kier alpha value is -0.870. The number of hydrogen-bond acceptors (Lipinski definition) is 3. The molecule has 0 radical (unpaired) electrons. The fraction of sp³-hybridized carbons (Fsp3) is 0.727. The summed E-state index contributed by atoms with van der Waals surface area (Å²) in [4.78, 5) is 15.8. The number of carbonyl (C=O) groups excluding carboxylic acids is 1. The van der Waals surface area contributed by atoms with E-state index in [0.29, 0.717) is 0 Å². The van der Waals surface area contributed by atoms with Crippen molar-refractivity contribution >= 4 is 5.91 Å². The molecule has 0 bridgehead atoms. The first-order valence-corrected chi connectivity index (χ1v) is 5.32. The van der Waals surface area contributed by atoms with Gasteiger partial charge in [-0.05, 0) is 6.92 Å². The van der Waals surface area contributed by atoms with Gasteiger partial charge in [-0.2, -0.15) is 0 Å². The molecule has 0 aromatic rings. The first-order valence-electron chi connectivity index (χ1n) is 5.32. The van der Waals surface area contributed by atoms with Crippen LogP contribution in [0.25, 0.3) is 0 Å². The highest BCUT2D eigenvalue weighted by Crippen LogP contribution is 2.08. The quantitative estimate of drug-likeness (QED) is 0.664. The van der Waals surface area contributed by atoms with E-state index in [4.69, 9.17) is 0 Å². The molecule has 1 unspecified atom stereocenters. The minimum Gasteiger partial charge on any atom is -0.347 e. The summed E-state index contributed by atoms with van der Waals surface area (Å²) in [7, 11) is 3.60. The van der Waals surface area contributed by atoms with E-state index in [1.165, 1.54) is 0 Å². The van der Waals surface area contributed by atoms with Gasteiger partial charge >= 0.3 is 0 Å². The minimum absolute atomic E-state index is 0.0366. The molecule has 1 N–H and O–H groups in total. The average Bonchev–Trinajstić information content (AvgIpc) is 2.16. The van der Waals surface area contributed by atoms with Gasteiger partial charge in [-0.15, -0.1) is 0 Å². The zero-order valence-corrected chi connectivity index (χ0v) is 9.92. The Labute approximate surface area is 91.9 Å². The molecule has 0 saturated carbocycles. The van der Waals surface area contributed by atoms with Crippen LogP contribution in [0.4, 0.5) is 0 Å². The van der Waals surface area contributed by atoms with Crippen molar-refractivity contribution in [2.75, 3.05) is 40.3 Å². The van der Waals surface area contributed by atoms with Crippen LogP contribution < -0.4 is 5.32 Å². The normalized spacial score (nSPS) is 22.5. The van der Waals surface area contributed by atoms with E-state index in [9.17, 15) is 4.79 Å². The maximum Gasteiger partial charge on any atom is 0.240 e. The molecule has 1 heterocycles. The molecule has 0 aliphatic carbocycles. The van der Waals surface area contributed by atoms with Gasteiger partial charge in [-0.1, -0.05) is 12.2 Å². The third-order valence-electron chi connectivity index (χ3n) is 2.55. The molecule has 0 aromatic heterocycles. The number of hydrogen-bond donors (Lipinski definition) is 1. The molecule has 86 valence electrons. The third-order valence-corrected chi connectivity index (χ3v) is 2.55. The molecule has 1 fully saturated rings. The Morgan fingerprint density at radius 1 is 1.60 bits per heavy atom. The SMILES string of the molecule is C=C(C)CN1CCNCC1C(=O)N(C)C. The van der Waals surface area contributed by atoms with Crippen LogP contribution in [-0.2, 0) is 4.79 Å². The summed E-state index contributed by atoms with van der Waals surface area (Å²) >= 11 is 0. The fourth-order valence-corrected chi connectivity index (χ4v) is 1.82. The molecule has 1 amide bonds. The highest BCUT2D eigenvalue weighted by molar-refractivity contribution is 5.81. The van der Waals surface area contributed by atoms with Gasteiger partial charge in [0, 0.05) is 40.3 Å². The van der Waals surface area contributed by atoms with Crippen molar-refractivity contribution in [2.45, 2.75) is 13.0 Å². The first kappa shape index (κ1) is 12.2. The molecule has 1 saturated heterocycles. The summed E-state index contributed by atoms with van der Waals surface area (Å²) in [5.41, 5.74) is 1.11. The highest BCUT2D eigenvalue weighted by Gasteiger charge is 2.29. The topological polar surface area (TPSA) is 35.6 Å². The first-order chi connectivity index (χ1) is 7.02. The number of carbonyl (C=O) groups is 1. The van der Waals surface area contributed by atoms with Gasteiger partial charge in [0.2, 0.25) is 5.91 Å². The molecule has 0 spiro atoms. The van der Waals surface area contributed by atoms with Crippen LogP contribution in [0.5, 0.6) is 0 Å². The summed E-state index contributed by atoms with van der Waals surface area (Å²) < 4.78 is 0. The number of rotatable bonds is 3. The monoisotopic (exact) mass is 211 g/mol. The summed E-state index contributed by atoms with van der Waals surface area (Å²) in [6.07, 6.45) is 0. The second-order valence-corrected chi connectivity index (χ2v) is 4.38. The van der Waals surface area contributed by atoms with Crippen molar-refractivity contribution in [3.8, 4) is 0 Å². The van der Waals surface area contributed by atoms with Gasteiger partial charge in [0.05, 0.1) is 0 Å². The lowest BCUT2D eigenvalue weighted by atomic mass is 10.1. The van der Waals surface area contributed by atoms with Crippen molar-refractivity contribution in [3.05, 3.63) is 12.2 Å². The zero-order valence-electron chi connectivity index (χ0n) is 9.92. The fourth-order valence-electron chi connectivity index (χ4n) is 1.82. The van der Waals surface area contributed by atoms with Crippen molar-refractivity contribution in [2.24, 2.45) is 0 Å². The molecule has 1 rings (SSSR count). The summed E-state index contributed by atoms with van der Waals surface area (Å²) in [6, 6.07) is -0.0366. The van der Waals surface area contributed by atoms with E-state index in [0.717, 1.165) is 31.8 Å². The van der Waals surface area contributed by atoms with Crippen LogP contribution in [0, 0.1) is 0 Å². The van der Waals surface area contributed by atoms with E-state index >= 15 is 0 Å². The van der Waals surface area contributed by atoms with E-state index in [-0.39, 0.29) is 11.9 Å². The summed E-state index contributed by atoms with van der Waals surface area (Å²) in [5.74, 6) is 0.170. The van der Waals surface area contributed by atoms with E-state index < -0.39 is 0 Å². The number of nitrogens with one attached hydrogen (secondary N) is 1. The predicted octanol–water partition coefficient (Wildman–Crippen LogP) is -0.0755. The van der Waals surface area contributed by atoms with Crippen molar-refractivity contribution in [3.63, 3.8) is 0 Å². The molecule has 4 heteroatoms. The van der Waals surface area contributed by atoms with Gasteiger partial charge in [-0.3, -0.25) is 9.69 Å². The van der Waals surface area contributed by atoms with Crippen LogP contribution in [0.15, 0.2) is 12.2 Å². The molecule has 1 aliphatic heterocycles. The Kier molecular flexibility index (Phi) is 4.29. The summed E-state index contributed by atoms with van der Waals surface area (Å²) in [6.45, 7) is 9.31. The molecule has 15 heavy (non-hydrogen) atoms. The number of piperazine rings is 1. The zero-order chi connectivity index (χ0) is 11.4. The third kappa shape index (κ3) is 3.32. The largest absolute Gasteiger partial charge is 0.347 e. The lowest BCUT2D eigenvalue weighted by Crippen LogP contribution is -2.57. The average molecular weight is 211 g/mol. The molecule has 1 atom stereocenters. The highest BCUT2D eigenvalue weighted by atomic mass is 16.2.